The molecule has 2 N–H and O–H groups in total. The van der Waals surface area contributed by atoms with E-state index in [0.29, 0.717) is 37.2 Å². The zero-order valence-electron chi connectivity index (χ0n) is 17.9. The molecule has 0 radical (unpaired) electrons. The van der Waals surface area contributed by atoms with E-state index in [1.165, 1.54) is 12.7 Å². The normalized spacial score (nSPS) is 11.9. The average Bonchev–Trinajstić information content (AvgIpc) is 2.76. The van der Waals surface area contributed by atoms with Gasteiger partial charge in [0.1, 0.15) is 30.8 Å². The van der Waals surface area contributed by atoms with Gasteiger partial charge in [0.15, 0.2) is 0 Å². The molecule has 0 saturated carbocycles. The number of hydrogen-bond donors (Lipinski definition) is 2. The van der Waals surface area contributed by atoms with Gasteiger partial charge in [0.2, 0.25) is 0 Å². The Bertz CT molecular complexity index is 737. The van der Waals surface area contributed by atoms with Crippen molar-refractivity contribution in [3.05, 3.63) is 60.2 Å². The number of benzene rings is 2. The minimum Gasteiger partial charge on any atom is -0.492 e. The molecule has 2 rings (SSSR count). The minimum absolute atomic E-state index is 0.210. The Kier molecular flexibility index (Phi) is 9.97. The van der Waals surface area contributed by atoms with Crippen molar-refractivity contribution in [1.82, 2.24) is 10.2 Å². The van der Waals surface area contributed by atoms with E-state index >= 15 is 0 Å². The van der Waals surface area contributed by atoms with E-state index in [2.05, 4.69) is 40.9 Å². The van der Waals surface area contributed by atoms with Crippen molar-refractivity contribution in [2.75, 3.05) is 33.4 Å². The molecular weight excluding hydrogens is 384 g/mol. The summed E-state index contributed by atoms with van der Waals surface area (Å²) >= 11 is 0. The van der Waals surface area contributed by atoms with E-state index in [1.807, 2.05) is 18.2 Å². The Morgan fingerprint density at radius 3 is 2.27 bits per heavy atom. The molecule has 0 aliphatic rings. The van der Waals surface area contributed by atoms with Gasteiger partial charge in [0.05, 0.1) is 13.7 Å². The quantitative estimate of drug-likeness (QED) is 0.518. The Balaban J connectivity index is 1.73. The molecule has 2 aromatic rings. The van der Waals surface area contributed by atoms with Crippen molar-refractivity contribution < 1.29 is 24.1 Å². The van der Waals surface area contributed by atoms with Gasteiger partial charge in [-0.2, -0.15) is 0 Å². The maximum Gasteiger partial charge on any atom is 0.406 e. The summed E-state index contributed by atoms with van der Waals surface area (Å²) in [6, 6.07) is 17.7. The Labute approximate surface area is 178 Å². The van der Waals surface area contributed by atoms with Crippen LogP contribution < -0.4 is 14.8 Å². The third-order valence-corrected chi connectivity index (χ3v) is 4.50. The lowest BCUT2D eigenvalue weighted by atomic mass is 10.1. The van der Waals surface area contributed by atoms with Crippen molar-refractivity contribution in [3.63, 3.8) is 0 Å². The van der Waals surface area contributed by atoms with Crippen molar-refractivity contribution >= 4 is 6.09 Å². The van der Waals surface area contributed by atoms with Crippen LogP contribution in [0.25, 0.3) is 0 Å². The first-order valence-corrected chi connectivity index (χ1v) is 10.1. The lowest BCUT2D eigenvalue weighted by Crippen LogP contribution is -2.39. The number of hydrogen-bond acceptors (Lipinski definition) is 6. The van der Waals surface area contributed by atoms with Crippen LogP contribution in [0.2, 0.25) is 0 Å². The molecule has 30 heavy (non-hydrogen) atoms. The van der Waals surface area contributed by atoms with Crippen LogP contribution in [0.4, 0.5) is 4.79 Å². The van der Waals surface area contributed by atoms with E-state index in [1.54, 1.807) is 24.3 Å². The molecule has 164 valence electrons. The number of alkyl carbamates (subject to hydrolysis) is 1. The monoisotopic (exact) mass is 416 g/mol. The number of nitrogens with zero attached hydrogens (tertiary/aromatic N) is 1. The molecule has 0 heterocycles. The highest BCUT2D eigenvalue weighted by Crippen LogP contribution is 2.18. The molecule has 0 spiro atoms. The molecule has 1 atom stereocenters. The number of aliphatic hydroxyl groups excluding tert-OH is 1. The van der Waals surface area contributed by atoms with Gasteiger partial charge in [-0.1, -0.05) is 30.3 Å². The number of nitrogens with one attached hydrogen (secondary N) is 1. The van der Waals surface area contributed by atoms with Crippen LogP contribution in [0.3, 0.4) is 0 Å². The first kappa shape index (κ1) is 23.5. The van der Waals surface area contributed by atoms with Gasteiger partial charge in [-0.25, -0.2) is 4.79 Å². The summed E-state index contributed by atoms with van der Waals surface area (Å²) in [5.74, 6) is 1.33. The summed E-state index contributed by atoms with van der Waals surface area (Å²) in [5.41, 5.74) is 1.22. The maximum atomic E-state index is 11.0. The second kappa shape index (κ2) is 12.7. The highest BCUT2D eigenvalue weighted by Gasteiger charge is 2.16. The van der Waals surface area contributed by atoms with Gasteiger partial charge in [0.25, 0.3) is 0 Å². The van der Waals surface area contributed by atoms with Crippen LogP contribution in [0, 0.1) is 0 Å². The molecule has 1 amide bonds. The van der Waals surface area contributed by atoms with Crippen molar-refractivity contribution in [3.8, 4) is 11.5 Å². The fourth-order valence-corrected chi connectivity index (χ4v) is 2.82. The largest absolute Gasteiger partial charge is 0.492 e. The average molecular weight is 417 g/mol. The molecule has 0 aliphatic heterocycles. The van der Waals surface area contributed by atoms with Gasteiger partial charge in [-0.15, -0.1) is 0 Å². The van der Waals surface area contributed by atoms with E-state index in [4.69, 9.17) is 9.47 Å². The number of methoxy groups -OCH3 is 1. The number of amides is 1. The number of ether oxygens (including phenoxy) is 3. The van der Waals surface area contributed by atoms with E-state index in [-0.39, 0.29) is 6.61 Å². The number of aliphatic hydroxyl groups is 1. The fourth-order valence-electron chi connectivity index (χ4n) is 2.82. The van der Waals surface area contributed by atoms with Crippen LogP contribution in [-0.2, 0) is 11.3 Å². The lowest BCUT2D eigenvalue weighted by Gasteiger charge is -2.28. The van der Waals surface area contributed by atoms with Gasteiger partial charge in [-0.05, 0) is 43.7 Å². The molecular formula is C23H32N2O5. The van der Waals surface area contributed by atoms with Gasteiger partial charge in [0, 0.05) is 19.1 Å². The minimum atomic E-state index is -0.601. The second-order valence-electron chi connectivity index (χ2n) is 7.21. The van der Waals surface area contributed by atoms with Crippen LogP contribution in [-0.4, -0.2) is 61.7 Å². The summed E-state index contributed by atoms with van der Waals surface area (Å²) in [6.45, 7) is 6.45. The van der Waals surface area contributed by atoms with Gasteiger partial charge < -0.3 is 24.6 Å². The molecule has 0 fully saturated rings. The maximum absolute atomic E-state index is 11.0. The molecule has 0 bridgehead atoms. The first-order chi connectivity index (χ1) is 14.5. The highest BCUT2D eigenvalue weighted by atomic mass is 16.5. The summed E-state index contributed by atoms with van der Waals surface area (Å²) in [7, 11) is 1.31. The molecule has 0 aromatic heterocycles. The fraction of sp³-hybridized carbons (Fsp3) is 0.435. The Morgan fingerprint density at radius 2 is 1.67 bits per heavy atom. The van der Waals surface area contributed by atoms with E-state index < -0.39 is 12.2 Å². The van der Waals surface area contributed by atoms with Crippen molar-refractivity contribution in [2.45, 2.75) is 32.5 Å². The molecule has 7 nitrogen and oxygen atoms in total. The second-order valence-corrected chi connectivity index (χ2v) is 7.21. The first-order valence-electron chi connectivity index (χ1n) is 10.1. The topological polar surface area (TPSA) is 80.3 Å². The smallest absolute Gasteiger partial charge is 0.406 e. The van der Waals surface area contributed by atoms with Crippen molar-refractivity contribution in [1.29, 1.82) is 0 Å². The number of rotatable bonds is 12. The predicted molar refractivity (Wildman–Crippen MR) is 116 cm³/mol. The number of carbonyl (C=O) groups excluding carboxylic acids is 1. The zero-order chi connectivity index (χ0) is 21.8. The lowest BCUT2D eigenvalue weighted by molar-refractivity contribution is 0.0543. The van der Waals surface area contributed by atoms with E-state index in [0.717, 1.165) is 6.54 Å². The van der Waals surface area contributed by atoms with Gasteiger partial charge >= 0.3 is 6.09 Å². The Morgan fingerprint density at radius 1 is 1.03 bits per heavy atom. The molecule has 0 aliphatic carbocycles. The summed E-state index contributed by atoms with van der Waals surface area (Å²) in [5, 5.41) is 13.0. The molecule has 1 unspecified atom stereocenters. The summed E-state index contributed by atoms with van der Waals surface area (Å²) in [6.07, 6.45) is -1.09. The third kappa shape index (κ3) is 8.71. The van der Waals surface area contributed by atoms with E-state index in [9.17, 15) is 9.90 Å². The van der Waals surface area contributed by atoms with Gasteiger partial charge in [-0.3, -0.25) is 4.90 Å². The molecule has 2 aromatic carbocycles. The highest BCUT2D eigenvalue weighted by molar-refractivity contribution is 5.66. The molecule has 0 saturated heterocycles. The predicted octanol–water partition coefficient (Wildman–Crippen LogP) is 3.07. The standard InChI is InChI=1S/C23H32N2O5/c1-18(2)25(15-19-7-5-4-6-8-19)16-20(26)17-30-22-11-9-21(10-12-22)29-14-13-24-23(27)28-3/h4-12,18,20,26H,13-17H2,1-3H3,(H,24,27). The number of carbonyl (C=O) groups is 1. The van der Waals surface area contributed by atoms with Crippen LogP contribution in [0.5, 0.6) is 11.5 Å². The van der Waals surface area contributed by atoms with Crippen LogP contribution in [0.15, 0.2) is 54.6 Å². The summed E-state index contributed by atoms with van der Waals surface area (Å²) < 4.78 is 15.7. The SMILES string of the molecule is COC(=O)NCCOc1ccc(OCC(O)CN(Cc2ccccc2)C(C)C)cc1. The van der Waals surface area contributed by atoms with Crippen LogP contribution in [0.1, 0.15) is 19.4 Å². The van der Waals surface area contributed by atoms with Crippen molar-refractivity contribution in [2.24, 2.45) is 0 Å². The molecule has 7 heteroatoms. The third-order valence-electron chi connectivity index (χ3n) is 4.50. The van der Waals surface area contributed by atoms with Crippen LogP contribution >= 0.6 is 0 Å². The zero-order valence-corrected chi connectivity index (χ0v) is 17.9. The summed E-state index contributed by atoms with van der Waals surface area (Å²) in [4.78, 5) is 13.2. The Hall–Kier alpha value is -2.77.